The van der Waals surface area contributed by atoms with Gasteiger partial charge in [0.15, 0.2) is 0 Å². The van der Waals surface area contributed by atoms with Crippen LogP contribution in [0, 0.1) is 20.8 Å². The van der Waals surface area contributed by atoms with Crippen LogP contribution < -0.4 is 5.63 Å². The summed E-state index contributed by atoms with van der Waals surface area (Å²) in [6.45, 7) is 7.61. The maximum absolute atomic E-state index is 12.8. The van der Waals surface area contributed by atoms with Crippen LogP contribution >= 0.6 is 23.5 Å². The number of alkyl halides is 3. The lowest BCUT2D eigenvalue weighted by atomic mass is 9.94. The molecule has 1 N–H and O–H groups in total. The Bertz CT molecular complexity index is 1150. The zero-order valence-corrected chi connectivity index (χ0v) is 19.7. The monoisotopic (exact) mass is 480 g/mol. The zero-order valence-electron chi connectivity index (χ0n) is 18.0. The Kier molecular flexibility index (Phi) is 7.35. The molecule has 1 aromatic heterocycles. The van der Waals surface area contributed by atoms with Crippen molar-refractivity contribution in [3.63, 3.8) is 0 Å². The largest absolute Gasteiger partial charge is 0.507 e. The summed E-state index contributed by atoms with van der Waals surface area (Å²) < 4.78 is 42.9. The molecule has 0 fully saturated rings. The molecule has 1 atom stereocenters. The van der Waals surface area contributed by atoms with Crippen molar-refractivity contribution in [2.45, 2.75) is 48.9 Å². The van der Waals surface area contributed by atoms with Crippen molar-refractivity contribution in [3.05, 3.63) is 75.3 Å². The first-order valence-electron chi connectivity index (χ1n) is 9.88. The Balaban J connectivity index is 1.76. The average Bonchev–Trinajstić information content (AvgIpc) is 2.67. The molecule has 3 rings (SSSR count). The number of rotatable bonds is 6. The van der Waals surface area contributed by atoms with E-state index < -0.39 is 11.1 Å². The molecule has 0 bridgehead atoms. The van der Waals surface area contributed by atoms with Gasteiger partial charge >= 0.3 is 11.1 Å². The van der Waals surface area contributed by atoms with Crippen molar-refractivity contribution in [1.29, 1.82) is 0 Å². The average molecular weight is 481 g/mol. The van der Waals surface area contributed by atoms with E-state index in [0.717, 1.165) is 21.6 Å². The van der Waals surface area contributed by atoms with E-state index in [1.165, 1.54) is 30.0 Å². The van der Waals surface area contributed by atoms with E-state index in [-0.39, 0.29) is 33.9 Å². The number of hydrogen-bond donors (Lipinski definition) is 1. The molecular weight excluding hydrogens is 457 g/mol. The van der Waals surface area contributed by atoms with Crippen molar-refractivity contribution in [3.8, 4) is 16.9 Å². The van der Waals surface area contributed by atoms with Gasteiger partial charge < -0.3 is 9.52 Å². The summed E-state index contributed by atoms with van der Waals surface area (Å²) in [5.74, 6) is 0.556. The number of thioether (sulfide) groups is 2. The Morgan fingerprint density at radius 1 is 0.969 bits per heavy atom. The SMILES string of the molecule is Cc1cc(C)c(-c2c(O)cc(C(C)CSc3ccc(SC(F)(F)F)cc3)oc2=O)c(C)c1. The lowest BCUT2D eigenvalue weighted by Crippen LogP contribution is -2.09. The molecule has 0 saturated heterocycles. The summed E-state index contributed by atoms with van der Waals surface area (Å²) in [5, 5.41) is 10.6. The van der Waals surface area contributed by atoms with E-state index in [1.807, 2.05) is 39.8 Å². The summed E-state index contributed by atoms with van der Waals surface area (Å²) in [6, 6.07) is 11.5. The van der Waals surface area contributed by atoms with Crippen molar-refractivity contribution >= 4 is 23.5 Å². The van der Waals surface area contributed by atoms with E-state index in [2.05, 4.69) is 0 Å². The van der Waals surface area contributed by atoms with Gasteiger partial charge in [-0.2, -0.15) is 13.2 Å². The van der Waals surface area contributed by atoms with Crippen LogP contribution in [0.25, 0.3) is 11.1 Å². The summed E-state index contributed by atoms with van der Waals surface area (Å²) in [5.41, 5.74) is -1.25. The Hall–Kier alpha value is -2.32. The van der Waals surface area contributed by atoms with Gasteiger partial charge in [0.2, 0.25) is 0 Å². The third kappa shape index (κ3) is 5.92. The van der Waals surface area contributed by atoms with Crippen LogP contribution in [0.1, 0.15) is 35.3 Å². The predicted octanol–water partition coefficient (Wildman–Crippen LogP) is 7.45. The lowest BCUT2D eigenvalue weighted by Gasteiger charge is -2.15. The van der Waals surface area contributed by atoms with Crippen molar-refractivity contribution < 1.29 is 22.7 Å². The highest BCUT2D eigenvalue weighted by Crippen LogP contribution is 2.38. The number of aromatic hydroxyl groups is 1. The maximum Gasteiger partial charge on any atom is 0.446 e. The molecule has 0 aliphatic heterocycles. The summed E-state index contributed by atoms with van der Waals surface area (Å²) in [4.78, 5) is 13.7. The molecule has 3 nitrogen and oxygen atoms in total. The van der Waals surface area contributed by atoms with E-state index in [4.69, 9.17) is 4.42 Å². The Labute approximate surface area is 193 Å². The molecule has 0 radical (unpaired) electrons. The maximum atomic E-state index is 12.8. The summed E-state index contributed by atoms with van der Waals surface area (Å²) >= 11 is 1.28. The number of aryl methyl sites for hydroxylation is 3. The van der Waals surface area contributed by atoms with Crippen molar-refractivity contribution in [2.24, 2.45) is 0 Å². The summed E-state index contributed by atoms with van der Waals surface area (Å²) in [6.07, 6.45) is 0. The minimum Gasteiger partial charge on any atom is -0.507 e. The van der Waals surface area contributed by atoms with Crippen LogP contribution in [0.4, 0.5) is 13.2 Å². The van der Waals surface area contributed by atoms with E-state index in [9.17, 15) is 23.1 Å². The topological polar surface area (TPSA) is 50.4 Å². The van der Waals surface area contributed by atoms with Crippen LogP contribution in [0.15, 0.2) is 61.5 Å². The van der Waals surface area contributed by atoms with Crippen LogP contribution in [-0.4, -0.2) is 16.4 Å². The van der Waals surface area contributed by atoms with Gasteiger partial charge in [-0.3, -0.25) is 0 Å². The van der Waals surface area contributed by atoms with Crippen molar-refractivity contribution in [2.75, 3.05) is 5.75 Å². The van der Waals surface area contributed by atoms with E-state index in [1.54, 1.807) is 12.1 Å². The lowest BCUT2D eigenvalue weighted by molar-refractivity contribution is -0.0328. The molecule has 0 aliphatic carbocycles. The normalized spacial score (nSPS) is 12.7. The van der Waals surface area contributed by atoms with Gasteiger partial charge in [-0.15, -0.1) is 11.8 Å². The fraction of sp³-hybridized carbons (Fsp3) is 0.292. The molecule has 3 aromatic rings. The standard InChI is InChI=1S/C24H23F3O3S2/c1-13-9-14(2)21(15(3)10-13)22-19(28)11-20(30-23(22)29)16(4)12-31-17-5-7-18(8-6-17)32-24(25,26)27/h5-11,16,28H,12H2,1-4H3. The highest BCUT2D eigenvalue weighted by atomic mass is 32.2. The van der Waals surface area contributed by atoms with Crippen LogP contribution in [-0.2, 0) is 0 Å². The molecule has 170 valence electrons. The quantitative estimate of drug-likeness (QED) is 0.372. The molecule has 2 aromatic carbocycles. The molecule has 0 saturated carbocycles. The second kappa shape index (κ2) is 9.67. The number of hydrogen-bond acceptors (Lipinski definition) is 5. The Morgan fingerprint density at radius 2 is 1.53 bits per heavy atom. The van der Waals surface area contributed by atoms with Crippen LogP contribution in [0.3, 0.4) is 0 Å². The van der Waals surface area contributed by atoms with Crippen LogP contribution in [0.2, 0.25) is 0 Å². The highest BCUT2D eigenvalue weighted by molar-refractivity contribution is 8.00. The molecule has 0 spiro atoms. The summed E-state index contributed by atoms with van der Waals surface area (Å²) in [7, 11) is 0. The van der Waals surface area contributed by atoms with E-state index >= 15 is 0 Å². The third-order valence-electron chi connectivity index (χ3n) is 4.92. The number of halogens is 3. The van der Waals surface area contributed by atoms with Crippen LogP contribution in [0.5, 0.6) is 5.75 Å². The first-order valence-corrected chi connectivity index (χ1v) is 11.7. The minimum absolute atomic E-state index is 0.128. The predicted molar refractivity (Wildman–Crippen MR) is 124 cm³/mol. The minimum atomic E-state index is -4.31. The third-order valence-corrected chi connectivity index (χ3v) is 6.93. The molecule has 0 aliphatic rings. The molecule has 8 heteroatoms. The van der Waals surface area contributed by atoms with Gasteiger partial charge in [0.05, 0.1) is 0 Å². The molecule has 1 unspecified atom stereocenters. The number of benzene rings is 2. The molecule has 0 amide bonds. The van der Waals surface area contributed by atoms with E-state index in [0.29, 0.717) is 17.1 Å². The smallest absolute Gasteiger partial charge is 0.446 e. The molecule has 32 heavy (non-hydrogen) atoms. The first kappa shape index (κ1) is 24.3. The fourth-order valence-electron chi connectivity index (χ4n) is 3.59. The second-order valence-corrected chi connectivity index (χ2v) is 9.93. The molecule has 1 heterocycles. The second-order valence-electron chi connectivity index (χ2n) is 7.70. The van der Waals surface area contributed by atoms with Gasteiger partial charge in [0.25, 0.3) is 0 Å². The van der Waals surface area contributed by atoms with Gasteiger partial charge in [-0.05, 0) is 73.5 Å². The van der Waals surface area contributed by atoms with Gasteiger partial charge in [0, 0.05) is 27.5 Å². The van der Waals surface area contributed by atoms with Gasteiger partial charge in [0.1, 0.15) is 17.1 Å². The zero-order chi connectivity index (χ0) is 23.6. The highest BCUT2D eigenvalue weighted by Gasteiger charge is 2.29. The van der Waals surface area contributed by atoms with Gasteiger partial charge in [-0.1, -0.05) is 24.6 Å². The van der Waals surface area contributed by atoms with Gasteiger partial charge in [-0.25, -0.2) is 4.79 Å². The fourth-order valence-corrected chi connectivity index (χ4v) is 5.06. The van der Waals surface area contributed by atoms with Crippen molar-refractivity contribution in [1.82, 2.24) is 0 Å². The first-order chi connectivity index (χ1) is 14.9. The Morgan fingerprint density at radius 3 is 2.06 bits per heavy atom. The molecular formula is C24H23F3O3S2.